The number of hydrogen-bond donors (Lipinski definition) is 1. The molecule has 1 N–H and O–H groups in total. The van der Waals surface area contributed by atoms with Crippen LogP contribution in [0.4, 0.5) is 0 Å². The van der Waals surface area contributed by atoms with Gasteiger partial charge in [-0.1, -0.05) is 0 Å². The lowest BCUT2D eigenvalue weighted by Gasteiger charge is -2.22. The zero-order valence-corrected chi connectivity index (χ0v) is 9.86. The number of aliphatic hydroxyl groups is 1. The van der Waals surface area contributed by atoms with Crippen LogP contribution in [0.15, 0.2) is 0 Å². The van der Waals surface area contributed by atoms with Crippen molar-refractivity contribution in [3.8, 4) is 12.3 Å². The van der Waals surface area contributed by atoms with Crippen LogP contribution in [-0.2, 0) is 9.47 Å². The van der Waals surface area contributed by atoms with Crippen LogP contribution in [0, 0.1) is 12.3 Å². The molecule has 1 heterocycles. The zero-order chi connectivity index (χ0) is 11.6. The molecule has 16 heavy (non-hydrogen) atoms. The molecular formula is C13H22O3. The van der Waals surface area contributed by atoms with E-state index in [0.717, 1.165) is 38.7 Å². The average molecular weight is 226 g/mol. The average Bonchev–Trinajstić information content (AvgIpc) is 2.30. The molecule has 3 heteroatoms. The summed E-state index contributed by atoms with van der Waals surface area (Å²) in [6, 6.07) is 0. The Morgan fingerprint density at radius 2 is 2.31 bits per heavy atom. The molecule has 0 aromatic heterocycles. The second-order valence-electron chi connectivity index (χ2n) is 4.22. The summed E-state index contributed by atoms with van der Waals surface area (Å²) in [6.45, 7) is 1.54. The van der Waals surface area contributed by atoms with Crippen molar-refractivity contribution >= 4 is 0 Å². The predicted molar refractivity (Wildman–Crippen MR) is 62.9 cm³/mol. The Morgan fingerprint density at radius 1 is 1.44 bits per heavy atom. The third kappa shape index (κ3) is 6.12. The van der Waals surface area contributed by atoms with Gasteiger partial charge in [0.2, 0.25) is 0 Å². The fourth-order valence-electron chi connectivity index (χ4n) is 1.78. The first-order valence-corrected chi connectivity index (χ1v) is 6.17. The van der Waals surface area contributed by atoms with Crippen LogP contribution in [0.2, 0.25) is 0 Å². The monoisotopic (exact) mass is 226 g/mol. The molecule has 0 aromatic carbocycles. The van der Waals surface area contributed by atoms with Gasteiger partial charge in [0.25, 0.3) is 0 Å². The summed E-state index contributed by atoms with van der Waals surface area (Å²) in [7, 11) is 0. The molecule has 2 atom stereocenters. The number of hydrogen-bond acceptors (Lipinski definition) is 3. The molecule has 0 amide bonds. The molecule has 0 bridgehead atoms. The van der Waals surface area contributed by atoms with E-state index >= 15 is 0 Å². The van der Waals surface area contributed by atoms with Gasteiger partial charge in [-0.3, -0.25) is 0 Å². The topological polar surface area (TPSA) is 38.7 Å². The zero-order valence-electron chi connectivity index (χ0n) is 9.86. The van der Waals surface area contributed by atoms with E-state index in [2.05, 4.69) is 5.92 Å². The lowest BCUT2D eigenvalue weighted by Crippen LogP contribution is -2.22. The fourth-order valence-corrected chi connectivity index (χ4v) is 1.78. The van der Waals surface area contributed by atoms with E-state index in [4.69, 9.17) is 15.9 Å². The minimum atomic E-state index is -0.351. The third-order valence-electron chi connectivity index (χ3n) is 2.73. The Hall–Kier alpha value is -0.560. The van der Waals surface area contributed by atoms with E-state index in [1.165, 1.54) is 6.42 Å². The molecule has 0 aromatic rings. The molecule has 0 aliphatic carbocycles. The molecule has 1 saturated heterocycles. The molecular weight excluding hydrogens is 204 g/mol. The van der Waals surface area contributed by atoms with Gasteiger partial charge in [-0.15, -0.1) is 12.3 Å². The van der Waals surface area contributed by atoms with Gasteiger partial charge in [-0.2, -0.15) is 0 Å². The van der Waals surface area contributed by atoms with Crippen molar-refractivity contribution < 1.29 is 14.6 Å². The van der Waals surface area contributed by atoms with Crippen LogP contribution in [0.5, 0.6) is 0 Å². The quantitative estimate of drug-likeness (QED) is 0.533. The highest BCUT2D eigenvalue weighted by atomic mass is 16.7. The molecule has 92 valence electrons. The summed E-state index contributed by atoms with van der Waals surface area (Å²) < 4.78 is 11.0. The van der Waals surface area contributed by atoms with Gasteiger partial charge >= 0.3 is 0 Å². The van der Waals surface area contributed by atoms with Crippen molar-refractivity contribution in [3.63, 3.8) is 0 Å². The van der Waals surface area contributed by atoms with Crippen molar-refractivity contribution in [2.75, 3.05) is 13.2 Å². The summed E-state index contributed by atoms with van der Waals surface area (Å²) in [5.41, 5.74) is 0. The van der Waals surface area contributed by atoms with Gasteiger partial charge in [0.05, 0.1) is 6.10 Å². The minimum Gasteiger partial charge on any atom is -0.392 e. The van der Waals surface area contributed by atoms with Crippen molar-refractivity contribution in [2.45, 2.75) is 57.3 Å². The van der Waals surface area contributed by atoms with E-state index < -0.39 is 0 Å². The Labute approximate surface area is 98.1 Å². The molecule has 1 aliphatic heterocycles. The standard InChI is InChI=1S/C13H22O3/c1-2-7-12(14)8-3-5-10-15-13-9-4-6-11-16-13/h1,12-14H,3-11H2/t12-,13+/m0/s1. The summed E-state index contributed by atoms with van der Waals surface area (Å²) in [5, 5.41) is 9.39. The highest BCUT2D eigenvalue weighted by Crippen LogP contribution is 2.14. The van der Waals surface area contributed by atoms with E-state index in [1.807, 2.05) is 0 Å². The number of unbranched alkanes of at least 4 members (excludes halogenated alkanes) is 1. The summed E-state index contributed by atoms with van der Waals surface area (Å²) in [4.78, 5) is 0. The SMILES string of the molecule is C#CC[C@H](O)CCCCO[C@H]1CCCCO1. The van der Waals surface area contributed by atoms with E-state index in [1.54, 1.807) is 0 Å². The molecule has 0 radical (unpaired) electrons. The minimum absolute atomic E-state index is 0.00406. The molecule has 0 unspecified atom stereocenters. The van der Waals surface area contributed by atoms with Crippen molar-refractivity contribution in [1.82, 2.24) is 0 Å². The first kappa shape index (κ1) is 13.5. The lowest BCUT2D eigenvalue weighted by atomic mass is 10.1. The Kier molecular flexibility index (Phi) is 7.24. The lowest BCUT2D eigenvalue weighted by molar-refractivity contribution is -0.162. The summed E-state index contributed by atoms with van der Waals surface area (Å²) in [5.74, 6) is 2.46. The Morgan fingerprint density at radius 3 is 3.00 bits per heavy atom. The van der Waals surface area contributed by atoms with Crippen molar-refractivity contribution in [2.24, 2.45) is 0 Å². The van der Waals surface area contributed by atoms with Gasteiger partial charge in [-0.25, -0.2) is 0 Å². The van der Waals surface area contributed by atoms with Crippen LogP contribution in [0.3, 0.4) is 0 Å². The van der Waals surface area contributed by atoms with Gasteiger partial charge < -0.3 is 14.6 Å². The van der Waals surface area contributed by atoms with Crippen molar-refractivity contribution in [3.05, 3.63) is 0 Å². The van der Waals surface area contributed by atoms with Gasteiger partial charge in [0.1, 0.15) is 0 Å². The van der Waals surface area contributed by atoms with E-state index in [-0.39, 0.29) is 12.4 Å². The smallest absolute Gasteiger partial charge is 0.157 e. The molecule has 1 rings (SSSR count). The van der Waals surface area contributed by atoms with Crippen LogP contribution in [-0.4, -0.2) is 30.7 Å². The summed E-state index contributed by atoms with van der Waals surface area (Å²) in [6.07, 6.45) is 11.3. The number of rotatable bonds is 7. The molecule has 1 fully saturated rings. The second kappa shape index (κ2) is 8.58. The number of terminal acetylenes is 1. The van der Waals surface area contributed by atoms with Crippen LogP contribution in [0.25, 0.3) is 0 Å². The van der Waals surface area contributed by atoms with Crippen LogP contribution < -0.4 is 0 Å². The van der Waals surface area contributed by atoms with Gasteiger partial charge in [-0.05, 0) is 38.5 Å². The first-order valence-electron chi connectivity index (χ1n) is 6.17. The Bertz CT molecular complexity index is 204. The third-order valence-corrected chi connectivity index (χ3v) is 2.73. The van der Waals surface area contributed by atoms with Crippen LogP contribution in [0.1, 0.15) is 44.9 Å². The first-order chi connectivity index (χ1) is 7.83. The molecule has 3 nitrogen and oxygen atoms in total. The normalized spacial score (nSPS) is 22.6. The van der Waals surface area contributed by atoms with Crippen molar-refractivity contribution in [1.29, 1.82) is 0 Å². The number of aliphatic hydroxyl groups excluding tert-OH is 1. The maximum Gasteiger partial charge on any atom is 0.157 e. The van der Waals surface area contributed by atoms with Crippen LogP contribution >= 0.6 is 0 Å². The fraction of sp³-hybridized carbons (Fsp3) is 0.846. The summed E-state index contributed by atoms with van der Waals surface area (Å²) >= 11 is 0. The van der Waals surface area contributed by atoms with Gasteiger partial charge in [0.15, 0.2) is 6.29 Å². The Balaban J connectivity index is 1.89. The largest absolute Gasteiger partial charge is 0.392 e. The van der Waals surface area contributed by atoms with E-state index in [9.17, 15) is 5.11 Å². The maximum absolute atomic E-state index is 9.39. The predicted octanol–water partition coefficient (Wildman–Crippen LogP) is 2.08. The van der Waals surface area contributed by atoms with Gasteiger partial charge in [0, 0.05) is 19.6 Å². The highest BCUT2D eigenvalue weighted by Gasteiger charge is 2.13. The van der Waals surface area contributed by atoms with E-state index in [0.29, 0.717) is 13.0 Å². The number of ether oxygens (including phenoxy) is 2. The maximum atomic E-state index is 9.39. The second-order valence-corrected chi connectivity index (χ2v) is 4.22. The molecule has 0 saturated carbocycles. The molecule has 1 aliphatic rings. The highest BCUT2D eigenvalue weighted by molar-refractivity contribution is 4.86. The molecule has 0 spiro atoms.